The Kier molecular flexibility index (Phi) is 7.60. The number of benzene rings is 1. The summed E-state index contributed by atoms with van der Waals surface area (Å²) in [4.78, 5) is 13.9. The number of allylic oxidation sites excluding steroid dienone is 1. The standard InChI is InChI=1S/C22H23N5O2S2/c1-5-11-27-19(13-30-17-9-7-6-8-10-17)25-26-22(27)31-16(4)20(28)24-21-18(12-23)14(2)15(3)29-21/h5-10,16H,1,11,13H2,2-4H3,(H,24,28). The fourth-order valence-corrected chi connectivity index (χ4v) is 4.50. The zero-order valence-electron chi connectivity index (χ0n) is 17.6. The van der Waals surface area contributed by atoms with Crippen molar-refractivity contribution in [3.05, 3.63) is 65.7 Å². The Hall–Kier alpha value is -2.96. The second-order valence-electron chi connectivity index (χ2n) is 6.75. The van der Waals surface area contributed by atoms with Crippen molar-refractivity contribution < 1.29 is 9.21 Å². The molecule has 1 unspecified atom stereocenters. The summed E-state index contributed by atoms with van der Waals surface area (Å²) >= 11 is 2.97. The number of hydrogen-bond donors (Lipinski definition) is 1. The van der Waals surface area contributed by atoms with E-state index in [-0.39, 0.29) is 11.8 Å². The van der Waals surface area contributed by atoms with Gasteiger partial charge < -0.3 is 8.98 Å². The summed E-state index contributed by atoms with van der Waals surface area (Å²) in [5.41, 5.74) is 1.07. The molecule has 3 aromatic rings. The van der Waals surface area contributed by atoms with Crippen LogP contribution in [-0.4, -0.2) is 25.9 Å². The molecule has 0 aliphatic rings. The molecule has 1 N–H and O–H groups in total. The largest absolute Gasteiger partial charge is 0.444 e. The number of aryl methyl sites for hydroxylation is 1. The molecule has 1 aromatic carbocycles. The number of furan rings is 1. The molecule has 2 heterocycles. The molecule has 0 saturated heterocycles. The molecule has 0 saturated carbocycles. The van der Waals surface area contributed by atoms with Crippen molar-refractivity contribution >= 4 is 35.3 Å². The van der Waals surface area contributed by atoms with E-state index in [1.807, 2.05) is 22.8 Å². The van der Waals surface area contributed by atoms with E-state index in [4.69, 9.17) is 4.42 Å². The van der Waals surface area contributed by atoms with Crippen LogP contribution in [0.2, 0.25) is 0 Å². The molecule has 7 nitrogen and oxygen atoms in total. The van der Waals surface area contributed by atoms with E-state index in [1.54, 1.807) is 38.6 Å². The molecule has 0 aliphatic carbocycles. The maximum atomic E-state index is 12.7. The molecule has 2 aromatic heterocycles. The Morgan fingerprint density at radius 3 is 2.77 bits per heavy atom. The van der Waals surface area contributed by atoms with Gasteiger partial charge in [-0.05, 0) is 32.9 Å². The fourth-order valence-electron chi connectivity index (χ4n) is 2.76. The highest BCUT2D eigenvalue weighted by atomic mass is 32.2. The molecule has 160 valence electrons. The molecule has 31 heavy (non-hydrogen) atoms. The third kappa shape index (κ3) is 5.40. The predicted molar refractivity (Wildman–Crippen MR) is 123 cm³/mol. The van der Waals surface area contributed by atoms with Crippen LogP contribution < -0.4 is 5.32 Å². The van der Waals surface area contributed by atoms with Crippen molar-refractivity contribution in [1.82, 2.24) is 14.8 Å². The van der Waals surface area contributed by atoms with Gasteiger partial charge >= 0.3 is 0 Å². The third-order valence-electron chi connectivity index (χ3n) is 4.60. The maximum Gasteiger partial charge on any atom is 0.240 e. The van der Waals surface area contributed by atoms with Crippen LogP contribution >= 0.6 is 23.5 Å². The number of hydrogen-bond acceptors (Lipinski definition) is 7. The van der Waals surface area contributed by atoms with Gasteiger partial charge in [-0.15, -0.1) is 28.5 Å². The Balaban J connectivity index is 1.70. The summed E-state index contributed by atoms with van der Waals surface area (Å²) in [6.45, 7) is 9.69. The number of rotatable bonds is 9. The van der Waals surface area contributed by atoms with Crippen LogP contribution in [0, 0.1) is 25.2 Å². The van der Waals surface area contributed by atoms with Crippen molar-refractivity contribution in [3.63, 3.8) is 0 Å². The minimum atomic E-state index is -0.473. The lowest BCUT2D eigenvalue weighted by Crippen LogP contribution is -2.23. The molecule has 0 radical (unpaired) electrons. The van der Waals surface area contributed by atoms with Crippen LogP contribution in [-0.2, 0) is 17.1 Å². The highest BCUT2D eigenvalue weighted by molar-refractivity contribution is 8.00. The van der Waals surface area contributed by atoms with Crippen LogP contribution in [0.15, 0.2) is 57.5 Å². The van der Waals surface area contributed by atoms with Crippen LogP contribution in [0.5, 0.6) is 0 Å². The average molecular weight is 454 g/mol. The third-order valence-corrected chi connectivity index (χ3v) is 6.69. The number of anilines is 1. The van der Waals surface area contributed by atoms with Gasteiger partial charge in [-0.1, -0.05) is 36.0 Å². The molecule has 3 rings (SSSR count). The second kappa shape index (κ2) is 10.4. The smallest absolute Gasteiger partial charge is 0.240 e. The second-order valence-corrected chi connectivity index (χ2v) is 9.11. The Morgan fingerprint density at radius 2 is 2.10 bits per heavy atom. The van der Waals surface area contributed by atoms with Crippen LogP contribution in [0.3, 0.4) is 0 Å². The van der Waals surface area contributed by atoms with E-state index in [1.165, 1.54) is 11.8 Å². The molecular formula is C22H23N5O2S2. The van der Waals surface area contributed by atoms with E-state index < -0.39 is 5.25 Å². The topological polar surface area (TPSA) is 96.7 Å². The van der Waals surface area contributed by atoms with E-state index in [2.05, 4.69) is 40.3 Å². The number of nitrogens with zero attached hydrogens (tertiary/aromatic N) is 4. The highest BCUT2D eigenvalue weighted by Crippen LogP contribution is 2.29. The van der Waals surface area contributed by atoms with E-state index >= 15 is 0 Å². The molecule has 0 spiro atoms. The molecule has 0 aliphatic heterocycles. The number of amides is 1. The lowest BCUT2D eigenvalue weighted by atomic mass is 10.2. The van der Waals surface area contributed by atoms with Crippen LogP contribution in [0.25, 0.3) is 0 Å². The first kappa shape index (κ1) is 22.7. The van der Waals surface area contributed by atoms with Crippen molar-refractivity contribution in [2.75, 3.05) is 5.32 Å². The lowest BCUT2D eigenvalue weighted by Gasteiger charge is -2.12. The Labute approximate surface area is 189 Å². The maximum absolute atomic E-state index is 12.7. The molecule has 1 amide bonds. The quantitative estimate of drug-likeness (QED) is 0.361. The summed E-state index contributed by atoms with van der Waals surface area (Å²) in [7, 11) is 0. The molecule has 9 heteroatoms. The van der Waals surface area contributed by atoms with Crippen LogP contribution in [0.4, 0.5) is 5.88 Å². The summed E-state index contributed by atoms with van der Waals surface area (Å²) in [6.07, 6.45) is 1.78. The van der Waals surface area contributed by atoms with Gasteiger partial charge in [-0.2, -0.15) is 5.26 Å². The first-order valence-electron chi connectivity index (χ1n) is 9.63. The Morgan fingerprint density at radius 1 is 1.35 bits per heavy atom. The van der Waals surface area contributed by atoms with Gasteiger partial charge in [0.2, 0.25) is 11.8 Å². The normalized spacial score (nSPS) is 11.7. The number of aromatic nitrogens is 3. The monoisotopic (exact) mass is 453 g/mol. The number of thioether (sulfide) groups is 2. The predicted octanol–water partition coefficient (Wildman–Crippen LogP) is 4.96. The zero-order valence-corrected chi connectivity index (χ0v) is 19.2. The van der Waals surface area contributed by atoms with Crippen molar-refractivity contribution in [1.29, 1.82) is 5.26 Å². The van der Waals surface area contributed by atoms with Crippen molar-refractivity contribution in [2.24, 2.45) is 0 Å². The van der Waals surface area contributed by atoms with Gasteiger partial charge in [0.1, 0.15) is 23.2 Å². The summed E-state index contributed by atoms with van der Waals surface area (Å²) in [5.74, 6) is 1.99. The first-order valence-corrected chi connectivity index (χ1v) is 11.5. The summed E-state index contributed by atoms with van der Waals surface area (Å²) in [5, 5.41) is 20.8. The lowest BCUT2D eigenvalue weighted by molar-refractivity contribution is -0.115. The highest BCUT2D eigenvalue weighted by Gasteiger charge is 2.23. The van der Waals surface area contributed by atoms with Gasteiger partial charge in [0.25, 0.3) is 0 Å². The van der Waals surface area contributed by atoms with Crippen molar-refractivity contribution in [3.8, 4) is 6.07 Å². The summed E-state index contributed by atoms with van der Waals surface area (Å²) in [6, 6.07) is 12.2. The van der Waals surface area contributed by atoms with E-state index in [9.17, 15) is 10.1 Å². The van der Waals surface area contributed by atoms with Gasteiger partial charge in [0.15, 0.2) is 5.16 Å². The minimum absolute atomic E-state index is 0.183. The van der Waals surface area contributed by atoms with Gasteiger partial charge in [-0.25, -0.2) is 0 Å². The average Bonchev–Trinajstić information content (AvgIpc) is 3.27. The fraction of sp³-hybridized carbons (Fsp3) is 0.273. The SMILES string of the molecule is C=CCn1c(CSc2ccccc2)nnc1SC(C)C(=O)Nc1oc(C)c(C)c1C#N. The number of nitrogens with one attached hydrogen (secondary N) is 1. The first-order chi connectivity index (χ1) is 14.9. The molecular weight excluding hydrogens is 430 g/mol. The van der Waals surface area contributed by atoms with Crippen LogP contribution in [0.1, 0.15) is 29.6 Å². The van der Waals surface area contributed by atoms with Crippen molar-refractivity contribution in [2.45, 2.75) is 48.4 Å². The van der Waals surface area contributed by atoms with E-state index in [0.717, 1.165) is 16.3 Å². The Bertz CT molecular complexity index is 1120. The number of carbonyl (C=O) groups excluding carboxylic acids is 1. The van der Waals surface area contributed by atoms with Gasteiger partial charge in [-0.3, -0.25) is 10.1 Å². The van der Waals surface area contributed by atoms with Gasteiger partial charge in [0.05, 0.1) is 11.0 Å². The summed E-state index contributed by atoms with van der Waals surface area (Å²) < 4.78 is 7.49. The minimum Gasteiger partial charge on any atom is -0.444 e. The van der Waals surface area contributed by atoms with Gasteiger partial charge in [0, 0.05) is 17.0 Å². The number of nitriles is 1. The number of carbonyl (C=O) groups is 1. The van der Waals surface area contributed by atoms with E-state index in [0.29, 0.717) is 28.8 Å². The molecule has 0 bridgehead atoms. The molecule has 0 fully saturated rings. The molecule has 1 atom stereocenters. The zero-order chi connectivity index (χ0) is 22.4.